The van der Waals surface area contributed by atoms with E-state index in [0.29, 0.717) is 11.1 Å². The lowest BCUT2D eigenvalue weighted by molar-refractivity contribution is 0.480. The molecule has 1 aliphatic heterocycles. The van der Waals surface area contributed by atoms with Gasteiger partial charge in [0.2, 0.25) is 5.95 Å². The number of aromatic amines is 1. The number of hydrogen-bond acceptors (Lipinski definition) is 4. The lowest BCUT2D eigenvalue weighted by atomic mass is 10.2. The van der Waals surface area contributed by atoms with Crippen LogP contribution in [0.15, 0.2) is 22.7 Å². The number of halogens is 2. The van der Waals surface area contributed by atoms with Gasteiger partial charge < -0.3 is 10.2 Å². The highest BCUT2D eigenvalue weighted by molar-refractivity contribution is 9.10. The number of H-pyrrole nitrogens is 1. The van der Waals surface area contributed by atoms with Crippen LogP contribution < -0.4 is 10.2 Å². The molecule has 2 heterocycles. The molecule has 5 nitrogen and oxygen atoms in total. The normalized spacial score (nSPS) is 19.4. The van der Waals surface area contributed by atoms with E-state index in [1.807, 2.05) is 18.2 Å². The molecule has 1 aromatic heterocycles. The third-order valence-electron chi connectivity index (χ3n) is 3.32. The fourth-order valence-electron chi connectivity index (χ4n) is 2.28. The Morgan fingerprint density at radius 3 is 3.05 bits per heavy atom. The van der Waals surface area contributed by atoms with E-state index in [1.54, 1.807) is 0 Å². The molecule has 2 aromatic rings. The van der Waals surface area contributed by atoms with Crippen LogP contribution in [0, 0.1) is 0 Å². The first kappa shape index (κ1) is 13.9. The van der Waals surface area contributed by atoms with E-state index in [2.05, 4.69) is 48.3 Å². The fraction of sp³-hybridized carbons (Fsp3) is 0.385. The van der Waals surface area contributed by atoms with E-state index in [1.165, 1.54) is 0 Å². The van der Waals surface area contributed by atoms with Gasteiger partial charge in [0.25, 0.3) is 0 Å². The summed E-state index contributed by atoms with van der Waals surface area (Å²) >= 11 is 9.42. The van der Waals surface area contributed by atoms with Gasteiger partial charge in [-0.3, -0.25) is 5.10 Å². The summed E-state index contributed by atoms with van der Waals surface area (Å²) in [6.07, 6.45) is 0. The molecule has 1 atom stereocenters. The number of piperazine rings is 1. The van der Waals surface area contributed by atoms with Crippen molar-refractivity contribution in [2.75, 3.05) is 24.5 Å². The van der Waals surface area contributed by atoms with Crippen LogP contribution in [0.3, 0.4) is 0 Å². The van der Waals surface area contributed by atoms with Crippen LogP contribution in [-0.4, -0.2) is 40.9 Å². The Morgan fingerprint density at radius 2 is 2.30 bits per heavy atom. The first-order valence-corrected chi connectivity index (χ1v) is 7.67. The molecule has 1 saturated heterocycles. The Kier molecular flexibility index (Phi) is 3.96. The second-order valence-electron chi connectivity index (χ2n) is 4.91. The minimum absolute atomic E-state index is 0.454. The number of anilines is 1. The Labute approximate surface area is 130 Å². The van der Waals surface area contributed by atoms with Gasteiger partial charge in [-0.15, -0.1) is 5.10 Å². The molecule has 3 rings (SSSR count). The Balaban J connectivity index is 1.84. The van der Waals surface area contributed by atoms with Crippen molar-refractivity contribution >= 4 is 33.5 Å². The third-order valence-corrected chi connectivity index (χ3v) is 4.53. The van der Waals surface area contributed by atoms with Crippen molar-refractivity contribution in [2.45, 2.75) is 13.0 Å². The molecule has 1 fully saturated rings. The number of nitrogens with zero attached hydrogens (tertiary/aromatic N) is 3. The van der Waals surface area contributed by atoms with E-state index < -0.39 is 0 Å². The van der Waals surface area contributed by atoms with Crippen molar-refractivity contribution < 1.29 is 0 Å². The van der Waals surface area contributed by atoms with E-state index in [9.17, 15) is 0 Å². The predicted octanol–water partition coefficient (Wildman–Crippen LogP) is 2.69. The van der Waals surface area contributed by atoms with Crippen molar-refractivity contribution in [1.82, 2.24) is 20.5 Å². The standard InChI is InChI=1S/C13H15BrClN5/c1-8-7-20(5-4-16-8)13-17-12(18-19-13)9-2-3-11(15)10(14)6-9/h2-3,6,8,16H,4-5,7H2,1H3,(H,17,18,19). The first-order chi connectivity index (χ1) is 9.63. The van der Waals surface area contributed by atoms with Gasteiger partial charge in [0.15, 0.2) is 5.82 Å². The van der Waals surface area contributed by atoms with Gasteiger partial charge in [-0.05, 0) is 41.1 Å². The smallest absolute Gasteiger partial charge is 0.245 e. The molecule has 2 N–H and O–H groups in total. The van der Waals surface area contributed by atoms with Crippen molar-refractivity contribution in [3.8, 4) is 11.4 Å². The van der Waals surface area contributed by atoms with Crippen molar-refractivity contribution in [2.24, 2.45) is 0 Å². The quantitative estimate of drug-likeness (QED) is 0.868. The van der Waals surface area contributed by atoms with Crippen LogP contribution in [0.25, 0.3) is 11.4 Å². The maximum absolute atomic E-state index is 6.00. The van der Waals surface area contributed by atoms with Gasteiger partial charge in [-0.2, -0.15) is 4.98 Å². The van der Waals surface area contributed by atoms with Crippen LogP contribution in [0.2, 0.25) is 5.02 Å². The molecule has 1 unspecified atom stereocenters. The Bertz CT molecular complexity index is 615. The molecule has 0 bridgehead atoms. The highest BCUT2D eigenvalue weighted by Crippen LogP contribution is 2.27. The number of nitrogens with one attached hydrogen (secondary N) is 2. The zero-order chi connectivity index (χ0) is 14.1. The summed E-state index contributed by atoms with van der Waals surface area (Å²) in [5.74, 6) is 1.50. The Hall–Kier alpha value is -1.11. The zero-order valence-electron chi connectivity index (χ0n) is 11.0. The molecule has 1 aromatic carbocycles. The van der Waals surface area contributed by atoms with E-state index in [0.717, 1.165) is 41.4 Å². The van der Waals surface area contributed by atoms with Crippen molar-refractivity contribution in [1.29, 1.82) is 0 Å². The average molecular weight is 357 g/mol. The summed E-state index contributed by atoms with van der Waals surface area (Å²) in [6, 6.07) is 6.16. The Morgan fingerprint density at radius 1 is 1.45 bits per heavy atom. The summed E-state index contributed by atoms with van der Waals surface area (Å²) in [5.41, 5.74) is 0.961. The monoisotopic (exact) mass is 355 g/mol. The summed E-state index contributed by atoms with van der Waals surface area (Å²) in [4.78, 5) is 6.76. The molecule has 7 heteroatoms. The van der Waals surface area contributed by atoms with Crippen molar-refractivity contribution in [3.63, 3.8) is 0 Å². The summed E-state index contributed by atoms with van der Waals surface area (Å²) in [7, 11) is 0. The predicted molar refractivity (Wildman–Crippen MR) is 84.2 cm³/mol. The van der Waals surface area contributed by atoms with Gasteiger partial charge in [0, 0.05) is 35.7 Å². The summed E-state index contributed by atoms with van der Waals surface area (Å²) in [6.45, 7) is 4.96. The average Bonchev–Trinajstić information content (AvgIpc) is 2.92. The molecule has 0 amide bonds. The highest BCUT2D eigenvalue weighted by atomic mass is 79.9. The van der Waals surface area contributed by atoms with Gasteiger partial charge >= 0.3 is 0 Å². The SMILES string of the molecule is CC1CN(c2n[nH]c(-c3ccc(Cl)c(Br)c3)n2)CCN1. The second kappa shape index (κ2) is 5.71. The molecule has 0 spiro atoms. The van der Waals surface area contributed by atoms with Gasteiger partial charge in [-0.25, -0.2) is 0 Å². The number of hydrogen-bond donors (Lipinski definition) is 2. The zero-order valence-corrected chi connectivity index (χ0v) is 13.4. The summed E-state index contributed by atoms with van der Waals surface area (Å²) < 4.78 is 0.852. The van der Waals surface area contributed by atoms with Gasteiger partial charge in [-0.1, -0.05) is 11.6 Å². The van der Waals surface area contributed by atoms with E-state index in [4.69, 9.17) is 11.6 Å². The first-order valence-electron chi connectivity index (χ1n) is 6.49. The topological polar surface area (TPSA) is 56.8 Å². The van der Waals surface area contributed by atoms with E-state index in [-0.39, 0.29) is 0 Å². The highest BCUT2D eigenvalue weighted by Gasteiger charge is 2.19. The number of aromatic nitrogens is 3. The third kappa shape index (κ3) is 2.82. The lowest BCUT2D eigenvalue weighted by Crippen LogP contribution is -2.49. The van der Waals surface area contributed by atoms with Crippen molar-refractivity contribution in [3.05, 3.63) is 27.7 Å². The van der Waals surface area contributed by atoms with Crippen LogP contribution in [0.5, 0.6) is 0 Å². The minimum atomic E-state index is 0.454. The van der Waals surface area contributed by atoms with Crippen LogP contribution in [-0.2, 0) is 0 Å². The van der Waals surface area contributed by atoms with Crippen LogP contribution in [0.4, 0.5) is 5.95 Å². The van der Waals surface area contributed by atoms with Gasteiger partial charge in [0.05, 0.1) is 5.02 Å². The summed E-state index contributed by atoms with van der Waals surface area (Å²) in [5, 5.41) is 11.4. The molecule has 1 aliphatic rings. The molecule has 0 aliphatic carbocycles. The molecular formula is C13H15BrClN5. The fourth-order valence-corrected chi connectivity index (χ4v) is 2.78. The van der Waals surface area contributed by atoms with Crippen LogP contribution in [0.1, 0.15) is 6.92 Å². The minimum Gasteiger partial charge on any atom is -0.337 e. The molecule has 0 saturated carbocycles. The molecule has 20 heavy (non-hydrogen) atoms. The largest absolute Gasteiger partial charge is 0.337 e. The van der Waals surface area contributed by atoms with Crippen LogP contribution >= 0.6 is 27.5 Å². The molecule has 0 radical (unpaired) electrons. The van der Waals surface area contributed by atoms with E-state index >= 15 is 0 Å². The molecular weight excluding hydrogens is 342 g/mol. The maximum Gasteiger partial charge on any atom is 0.245 e. The molecule has 106 valence electrons. The number of rotatable bonds is 2. The van der Waals surface area contributed by atoms with Gasteiger partial charge in [0.1, 0.15) is 0 Å². The lowest BCUT2D eigenvalue weighted by Gasteiger charge is -2.30. The number of benzene rings is 1. The maximum atomic E-state index is 6.00. The second-order valence-corrected chi connectivity index (χ2v) is 6.18.